The third-order valence-electron chi connectivity index (χ3n) is 8.32. The monoisotopic (exact) mass is 501 g/mol. The summed E-state index contributed by atoms with van der Waals surface area (Å²) in [5.74, 6) is 0.724. The van der Waals surface area contributed by atoms with E-state index >= 15 is 0 Å². The van der Waals surface area contributed by atoms with Gasteiger partial charge in [0.1, 0.15) is 5.58 Å². The van der Waals surface area contributed by atoms with Gasteiger partial charge in [0.15, 0.2) is 0 Å². The van der Waals surface area contributed by atoms with E-state index in [2.05, 4.69) is 131 Å². The van der Waals surface area contributed by atoms with Gasteiger partial charge in [-0.05, 0) is 42.5 Å². The van der Waals surface area contributed by atoms with Crippen LogP contribution >= 0.6 is 0 Å². The van der Waals surface area contributed by atoms with Crippen LogP contribution in [0.25, 0.3) is 60.3 Å². The smallest absolute Gasteiger partial charge is 0.223 e. The number of rotatable bonds is 2. The summed E-state index contributed by atoms with van der Waals surface area (Å²) in [6, 6.07) is 41.2. The summed E-state index contributed by atoms with van der Waals surface area (Å²) in [5, 5.41) is 6.21. The lowest BCUT2D eigenvalue weighted by molar-refractivity contribution is 0.600. The molecule has 4 heterocycles. The van der Waals surface area contributed by atoms with Crippen LogP contribution in [0.5, 0.6) is 0 Å². The van der Waals surface area contributed by atoms with Gasteiger partial charge in [-0.3, -0.25) is 0 Å². The first-order chi connectivity index (χ1) is 19.3. The van der Waals surface area contributed by atoms with E-state index in [4.69, 9.17) is 9.41 Å². The first-order valence-electron chi connectivity index (χ1n) is 13.4. The lowest BCUT2D eigenvalue weighted by Gasteiger charge is -2.20. The summed E-state index contributed by atoms with van der Waals surface area (Å²) in [7, 11) is 0. The molecule has 0 bridgehead atoms. The predicted molar refractivity (Wildman–Crippen MR) is 161 cm³/mol. The first-order valence-corrected chi connectivity index (χ1v) is 13.4. The van der Waals surface area contributed by atoms with Crippen LogP contribution in [0.2, 0.25) is 0 Å². The zero-order valence-electron chi connectivity index (χ0n) is 21.1. The fourth-order valence-corrected chi connectivity index (χ4v) is 6.65. The van der Waals surface area contributed by atoms with Gasteiger partial charge in [0.25, 0.3) is 0 Å². The number of hydrogen-bond acceptors (Lipinski definition) is 2. The fraction of sp³-hybridized carbons (Fsp3) is 0.0571. The summed E-state index contributed by atoms with van der Waals surface area (Å²) in [4.78, 5) is 4.85. The molecule has 4 nitrogen and oxygen atoms in total. The van der Waals surface area contributed by atoms with Crippen molar-refractivity contribution in [2.45, 2.75) is 12.5 Å². The van der Waals surface area contributed by atoms with E-state index in [1.807, 2.05) is 0 Å². The Hall–Kier alpha value is -5.09. The van der Waals surface area contributed by atoms with Crippen LogP contribution in [0, 0.1) is 0 Å². The number of benzene rings is 5. The van der Waals surface area contributed by atoms with Crippen LogP contribution < -0.4 is 0 Å². The number of aliphatic imine (C=N–C) groups is 1. The number of nitrogens with zero attached hydrogens (tertiary/aromatic N) is 3. The average Bonchev–Trinajstić information content (AvgIpc) is 3.64. The second-order valence-corrected chi connectivity index (χ2v) is 10.4. The minimum Gasteiger partial charge on any atom is -0.438 e. The Kier molecular flexibility index (Phi) is 4.14. The highest BCUT2D eigenvalue weighted by molar-refractivity contribution is 6.10. The van der Waals surface area contributed by atoms with Gasteiger partial charge in [0.05, 0.1) is 17.1 Å². The van der Waals surface area contributed by atoms with E-state index in [1.54, 1.807) is 0 Å². The molecule has 0 radical (unpaired) electrons. The Bertz CT molecular complexity index is 2170. The van der Waals surface area contributed by atoms with E-state index in [0.29, 0.717) is 0 Å². The highest BCUT2D eigenvalue weighted by Gasteiger charge is 2.26. The molecule has 1 atom stereocenters. The highest BCUT2D eigenvalue weighted by atomic mass is 16.3. The molecule has 4 heteroatoms. The summed E-state index contributed by atoms with van der Waals surface area (Å²) in [5.41, 5.74) is 8.06. The molecule has 184 valence electrons. The Balaban J connectivity index is 1.24. The van der Waals surface area contributed by atoms with Gasteiger partial charge >= 0.3 is 0 Å². The predicted octanol–water partition coefficient (Wildman–Crippen LogP) is 9.14. The van der Waals surface area contributed by atoms with Gasteiger partial charge < -0.3 is 13.6 Å². The second-order valence-electron chi connectivity index (χ2n) is 10.4. The number of fused-ring (bicyclic) bond motifs is 9. The van der Waals surface area contributed by atoms with Gasteiger partial charge in [0, 0.05) is 61.9 Å². The normalized spacial score (nSPS) is 15.2. The van der Waals surface area contributed by atoms with Crippen molar-refractivity contribution in [1.82, 2.24) is 9.13 Å². The standard InChI is InChI=1S/C35H23N3O/c1-5-13-30-24(9-1)25-10-2-6-14-31(25)37(30)22-17-18-34-28(19-22)29-20-23(21-36-35(29)39-34)38-32-15-7-3-11-26(32)27-12-4-8-16-33(27)38/h1-19,21,23H,20H2. The van der Waals surface area contributed by atoms with Crippen LogP contribution in [0.15, 0.2) is 125 Å². The quantitative estimate of drug-likeness (QED) is 0.233. The zero-order valence-corrected chi connectivity index (χ0v) is 21.1. The fourth-order valence-electron chi connectivity index (χ4n) is 6.65. The molecule has 1 aliphatic heterocycles. The molecule has 0 fully saturated rings. The maximum atomic E-state index is 6.26. The molecule has 9 rings (SSSR count). The number of aromatic nitrogens is 2. The molecule has 3 aromatic heterocycles. The highest BCUT2D eigenvalue weighted by Crippen LogP contribution is 2.41. The summed E-state index contributed by atoms with van der Waals surface area (Å²) >= 11 is 0. The summed E-state index contributed by atoms with van der Waals surface area (Å²) in [6.45, 7) is 0. The van der Waals surface area contributed by atoms with Crippen LogP contribution in [0.4, 0.5) is 5.88 Å². The van der Waals surface area contributed by atoms with Crippen molar-refractivity contribution >= 4 is 66.7 Å². The average molecular weight is 502 g/mol. The molecule has 1 unspecified atom stereocenters. The van der Waals surface area contributed by atoms with E-state index in [1.165, 1.54) is 49.2 Å². The number of para-hydroxylation sites is 4. The van der Waals surface area contributed by atoms with Crippen LogP contribution in [-0.4, -0.2) is 15.3 Å². The minimum atomic E-state index is 0.0972. The Morgan fingerprint density at radius 2 is 1.13 bits per heavy atom. The van der Waals surface area contributed by atoms with Crippen molar-refractivity contribution in [3.05, 3.63) is 121 Å². The molecule has 0 spiro atoms. The molecule has 8 aromatic rings. The first kappa shape index (κ1) is 20.9. The molecule has 5 aromatic carbocycles. The van der Waals surface area contributed by atoms with Crippen molar-refractivity contribution in [3.8, 4) is 5.69 Å². The van der Waals surface area contributed by atoms with Gasteiger partial charge in [-0.2, -0.15) is 0 Å². The third kappa shape index (κ3) is 2.86. The van der Waals surface area contributed by atoms with Gasteiger partial charge in [-0.15, -0.1) is 0 Å². The SMILES string of the molecule is C1=Nc2oc3ccc(-n4c5ccccc5c5ccccc54)cc3c2CC1n1c2ccccc2c2ccccc21. The van der Waals surface area contributed by atoms with E-state index < -0.39 is 0 Å². The topological polar surface area (TPSA) is 35.4 Å². The Morgan fingerprint density at radius 3 is 1.74 bits per heavy atom. The molecule has 0 N–H and O–H groups in total. The van der Waals surface area contributed by atoms with Gasteiger partial charge in [-0.1, -0.05) is 72.8 Å². The lowest BCUT2D eigenvalue weighted by Crippen LogP contribution is -2.15. The van der Waals surface area contributed by atoms with E-state index in [0.717, 1.165) is 29.0 Å². The third-order valence-corrected chi connectivity index (χ3v) is 8.32. The molecular weight excluding hydrogens is 478 g/mol. The van der Waals surface area contributed by atoms with Crippen molar-refractivity contribution in [1.29, 1.82) is 0 Å². The maximum Gasteiger partial charge on any atom is 0.223 e. The van der Waals surface area contributed by atoms with Crippen LogP contribution in [0.1, 0.15) is 11.6 Å². The summed E-state index contributed by atoms with van der Waals surface area (Å²) in [6.07, 6.45) is 2.88. The lowest BCUT2D eigenvalue weighted by atomic mass is 10.0. The zero-order chi connectivity index (χ0) is 25.5. The van der Waals surface area contributed by atoms with Crippen molar-refractivity contribution in [2.24, 2.45) is 4.99 Å². The largest absolute Gasteiger partial charge is 0.438 e. The number of hydrogen-bond donors (Lipinski definition) is 0. The van der Waals surface area contributed by atoms with Crippen molar-refractivity contribution in [2.75, 3.05) is 0 Å². The Morgan fingerprint density at radius 1 is 0.590 bits per heavy atom. The molecule has 0 saturated carbocycles. The molecule has 1 aliphatic rings. The molecule has 0 amide bonds. The van der Waals surface area contributed by atoms with Gasteiger partial charge in [-0.25, -0.2) is 4.99 Å². The second kappa shape index (κ2) is 7.71. The van der Waals surface area contributed by atoms with Crippen LogP contribution in [0.3, 0.4) is 0 Å². The maximum absolute atomic E-state index is 6.26. The Labute approximate surface area is 224 Å². The number of furan rings is 1. The molecule has 0 saturated heterocycles. The summed E-state index contributed by atoms with van der Waals surface area (Å²) < 4.78 is 11.1. The minimum absolute atomic E-state index is 0.0972. The van der Waals surface area contributed by atoms with E-state index in [9.17, 15) is 0 Å². The van der Waals surface area contributed by atoms with Crippen molar-refractivity contribution in [3.63, 3.8) is 0 Å². The molecular formula is C35H23N3O. The molecule has 39 heavy (non-hydrogen) atoms. The van der Waals surface area contributed by atoms with Gasteiger partial charge in [0.2, 0.25) is 5.88 Å². The van der Waals surface area contributed by atoms with E-state index in [-0.39, 0.29) is 6.04 Å². The van der Waals surface area contributed by atoms with Crippen LogP contribution in [-0.2, 0) is 6.42 Å². The van der Waals surface area contributed by atoms with Crippen molar-refractivity contribution < 1.29 is 4.42 Å². The molecule has 0 aliphatic carbocycles.